The van der Waals surface area contributed by atoms with E-state index < -0.39 is 23.7 Å². The Morgan fingerprint density at radius 3 is 2.32 bits per heavy atom. The van der Waals surface area contributed by atoms with E-state index >= 15 is 0 Å². The molecule has 172 valence electrons. The lowest BCUT2D eigenvalue weighted by molar-refractivity contribution is -0.132. The first-order chi connectivity index (χ1) is 16.3. The number of amides is 1. The maximum Gasteiger partial charge on any atom is 0.308 e. The van der Waals surface area contributed by atoms with Crippen LogP contribution in [0.4, 0.5) is 5.69 Å². The van der Waals surface area contributed by atoms with E-state index in [9.17, 15) is 19.5 Å². The first kappa shape index (κ1) is 23.4. The van der Waals surface area contributed by atoms with Crippen LogP contribution < -0.4 is 9.64 Å². The Hall–Kier alpha value is -3.71. The van der Waals surface area contributed by atoms with Crippen LogP contribution in [0.1, 0.15) is 36.6 Å². The SMILES string of the molecule is CCc1ccc(N2C(=O)C(=O)/C(=C(\O)c3ccc(Br)cc3)C2c2cccc(OC(C)=O)c2)cc1. The summed E-state index contributed by atoms with van der Waals surface area (Å²) in [5.74, 6) is -2.02. The molecule has 1 aliphatic heterocycles. The Morgan fingerprint density at radius 1 is 1.03 bits per heavy atom. The predicted molar refractivity (Wildman–Crippen MR) is 132 cm³/mol. The first-order valence-corrected chi connectivity index (χ1v) is 11.5. The van der Waals surface area contributed by atoms with E-state index in [2.05, 4.69) is 15.9 Å². The summed E-state index contributed by atoms with van der Waals surface area (Å²) in [6.07, 6.45) is 0.830. The lowest BCUT2D eigenvalue weighted by Crippen LogP contribution is -2.29. The highest BCUT2D eigenvalue weighted by Crippen LogP contribution is 2.43. The highest BCUT2D eigenvalue weighted by atomic mass is 79.9. The molecule has 1 atom stereocenters. The number of Topliss-reactive ketones (excluding diaryl/α,β-unsaturated/α-hetero) is 1. The highest BCUT2D eigenvalue weighted by Gasteiger charge is 2.47. The van der Waals surface area contributed by atoms with E-state index in [0.29, 0.717) is 16.8 Å². The van der Waals surface area contributed by atoms with Crippen molar-refractivity contribution in [3.05, 3.63) is 99.5 Å². The monoisotopic (exact) mass is 519 g/mol. The Balaban J connectivity index is 1.92. The summed E-state index contributed by atoms with van der Waals surface area (Å²) in [5, 5.41) is 11.2. The predicted octanol–water partition coefficient (Wildman–Crippen LogP) is 5.56. The van der Waals surface area contributed by atoms with Crippen LogP contribution in [0, 0.1) is 0 Å². The van der Waals surface area contributed by atoms with Gasteiger partial charge in [0.25, 0.3) is 11.7 Å². The molecular formula is C27H22BrNO5. The molecule has 1 saturated heterocycles. The summed E-state index contributed by atoms with van der Waals surface area (Å²) >= 11 is 3.36. The zero-order valence-corrected chi connectivity index (χ0v) is 20.2. The molecule has 1 fully saturated rings. The molecule has 4 rings (SSSR count). The fourth-order valence-electron chi connectivity index (χ4n) is 3.98. The van der Waals surface area contributed by atoms with Crippen LogP contribution in [-0.4, -0.2) is 22.8 Å². The number of esters is 1. The molecule has 0 aliphatic carbocycles. The summed E-state index contributed by atoms with van der Waals surface area (Å²) in [7, 11) is 0. The number of anilines is 1. The van der Waals surface area contributed by atoms with Crippen LogP contribution in [0.15, 0.2) is 82.8 Å². The Labute approximate surface area is 205 Å². The van der Waals surface area contributed by atoms with Crippen molar-refractivity contribution >= 4 is 45.0 Å². The standard InChI is InChI=1S/C27H22BrNO5/c1-3-17-7-13-21(14-8-17)29-24(19-5-4-6-22(15-19)34-16(2)30)23(26(32)27(29)33)25(31)18-9-11-20(28)12-10-18/h4-15,24,31H,3H2,1-2H3/b25-23-. The van der Waals surface area contributed by atoms with Gasteiger partial charge in [0.1, 0.15) is 11.5 Å². The largest absolute Gasteiger partial charge is 0.507 e. The molecule has 3 aromatic carbocycles. The molecule has 7 heteroatoms. The number of carbonyl (C=O) groups is 3. The minimum Gasteiger partial charge on any atom is -0.507 e. The molecule has 6 nitrogen and oxygen atoms in total. The van der Waals surface area contributed by atoms with E-state index in [4.69, 9.17) is 4.74 Å². The van der Waals surface area contributed by atoms with Gasteiger partial charge in [0, 0.05) is 22.6 Å². The molecule has 3 aromatic rings. The molecule has 0 aromatic heterocycles. The summed E-state index contributed by atoms with van der Waals surface area (Å²) in [6, 6.07) is 19.9. The van der Waals surface area contributed by atoms with Crippen LogP contribution >= 0.6 is 15.9 Å². The van der Waals surface area contributed by atoms with Crippen LogP contribution in [-0.2, 0) is 20.8 Å². The lowest BCUT2D eigenvalue weighted by atomic mass is 9.95. The van der Waals surface area contributed by atoms with Crippen molar-refractivity contribution in [3.63, 3.8) is 0 Å². The molecule has 34 heavy (non-hydrogen) atoms. The number of nitrogens with zero attached hydrogens (tertiary/aromatic N) is 1. The second-order valence-electron chi connectivity index (χ2n) is 7.86. The van der Waals surface area contributed by atoms with Crippen molar-refractivity contribution in [2.24, 2.45) is 0 Å². The van der Waals surface area contributed by atoms with E-state index in [1.54, 1.807) is 60.7 Å². The van der Waals surface area contributed by atoms with Crippen molar-refractivity contribution < 1.29 is 24.2 Å². The molecule has 0 spiro atoms. The number of benzene rings is 3. The fraction of sp³-hybridized carbons (Fsp3) is 0.148. The third-order valence-electron chi connectivity index (χ3n) is 5.62. The lowest BCUT2D eigenvalue weighted by Gasteiger charge is -2.26. The number of rotatable bonds is 5. The maximum atomic E-state index is 13.2. The summed E-state index contributed by atoms with van der Waals surface area (Å²) < 4.78 is 6.03. The van der Waals surface area contributed by atoms with E-state index in [-0.39, 0.29) is 17.1 Å². The van der Waals surface area contributed by atoms with Crippen molar-refractivity contribution in [2.75, 3.05) is 4.90 Å². The molecule has 1 N–H and O–H groups in total. The molecule has 1 amide bonds. The van der Waals surface area contributed by atoms with Gasteiger partial charge in [0.2, 0.25) is 0 Å². The molecule has 1 heterocycles. The summed E-state index contributed by atoms with van der Waals surface area (Å²) in [4.78, 5) is 39.3. The second kappa shape index (κ2) is 9.65. The van der Waals surface area contributed by atoms with Gasteiger partial charge in [-0.3, -0.25) is 19.3 Å². The molecule has 0 saturated carbocycles. The van der Waals surface area contributed by atoms with Gasteiger partial charge in [-0.05, 0) is 53.9 Å². The topological polar surface area (TPSA) is 83.9 Å². The van der Waals surface area contributed by atoms with Crippen molar-refractivity contribution in [2.45, 2.75) is 26.3 Å². The van der Waals surface area contributed by atoms with E-state index in [1.165, 1.54) is 11.8 Å². The van der Waals surface area contributed by atoms with Gasteiger partial charge in [-0.1, -0.05) is 59.3 Å². The molecule has 1 unspecified atom stereocenters. The van der Waals surface area contributed by atoms with Gasteiger partial charge in [-0.25, -0.2) is 0 Å². The van der Waals surface area contributed by atoms with Crippen LogP contribution in [0.2, 0.25) is 0 Å². The number of aliphatic hydroxyl groups excluding tert-OH is 1. The minimum atomic E-state index is -0.911. The molecule has 1 aliphatic rings. The summed E-state index contributed by atoms with van der Waals surface area (Å²) in [5.41, 5.74) is 2.51. The van der Waals surface area contributed by atoms with Gasteiger partial charge in [-0.15, -0.1) is 0 Å². The van der Waals surface area contributed by atoms with Gasteiger partial charge in [0.05, 0.1) is 11.6 Å². The fourth-order valence-corrected chi connectivity index (χ4v) is 4.25. The Bertz CT molecular complexity index is 1300. The van der Waals surface area contributed by atoms with Crippen LogP contribution in [0.3, 0.4) is 0 Å². The molecule has 0 radical (unpaired) electrons. The average Bonchev–Trinajstić information content (AvgIpc) is 3.09. The minimum absolute atomic E-state index is 0.0353. The number of ether oxygens (including phenoxy) is 1. The third-order valence-corrected chi connectivity index (χ3v) is 6.15. The first-order valence-electron chi connectivity index (χ1n) is 10.7. The molecular weight excluding hydrogens is 498 g/mol. The second-order valence-corrected chi connectivity index (χ2v) is 8.78. The Morgan fingerprint density at radius 2 is 1.71 bits per heavy atom. The van der Waals surface area contributed by atoms with Gasteiger partial charge in [-0.2, -0.15) is 0 Å². The number of ketones is 1. The molecule has 0 bridgehead atoms. The maximum absolute atomic E-state index is 13.2. The van der Waals surface area contributed by atoms with Gasteiger partial charge < -0.3 is 9.84 Å². The summed E-state index contributed by atoms with van der Waals surface area (Å²) in [6.45, 7) is 3.32. The van der Waals surface area contributed by atoms with Crippen molar-refractivity contribution in [1.29, 1.82) is 0 Å². The number of aliphatic hydroxyl groups is 1. The normalized spacial score (nSPS) is 17.1. The quantitative estimate of drug-likeness (QED) is 0.157. The van der Waals surface area contributed by atoms with Crippen LogP contribution in [0.25, 0.3) is 5.76 Å². The van der Waals surface area contributed by atoms with E-state index in [0.717, 1.165) is 16.5 Å². The Kier molecular flexibility index (Phi) is 6.65. The number of halogens is 1. The smallest absolute Gasteiger partial charge is 0.308 e. The van der Waals surface area contributed by atoms with Crippen molar-refractivity contribution in [3.8, 4) is 5.75 Å². The number of hydrogen-bond donors (Lipinski definition) is 1. The van der Waals surface area contributed by atoms with Crippen LogP contribution in [0.5, 0.6) is 5.75 Å². The average molecular weight is 520 g/mol. The van der Waals surface area contributed by atoms with E-state index in [1.807, 2.05) is 19.1 Å². The highest BCUT2D eigenvalue weighted by molar-refractivity contribution is 9.10. The number of hydrogen-bond acceptors (Lipinski definition) is 5. The van der Waals surface area contributed by atoms with Gasteiger partial charge >= 0.3 is 5.97 Å². The zero-order chi connectivity index (χ0) is 24.4. The van der Waals surface area contributed by atoms with Crippen molar-refractivity contribution in [1.82, 2.24) is 0 Å². The third kappa shape index (κ3) is 4.52. The zero-order valence-electron chi connectivity index (χ0n) is 18.6. The number of carbonyl (C=O) groups excluding carboxylic acids is 3. The van der Waals surface area contributed by atoms with Gasteiger partial charge in [0.15, 0.2) is 0 Å². The number of aryl methyl sites for hydroxylation is 1.